The molecule has 1 aromatic carbocycles. The fourth-order valence-electron chi connectivity index (χ4n) is 1.36. The zero-order valence-corrected chi connectivity index (χ0v) is 10.5. The number of benzene rings is 1. The van der Waals surface area contributed by atoms with Gasteiger partial charge in [0.2, 0.25) is 0 Å². The summed E-state index contributed by atoms with van der Waals surface area (Å²) in [5.41, 5.74) is 7.40. The molecule has 0 aliphatic carbocycles. The second-order valence-electron chi connectivity index (χ2n) is 4.13. The van der Waals surface area contributed by atoms with E-state index in [1.54, 1.807) is 6.07 Å². The van der Waals surface area contributed by atoms with Crippen LogP contribution in [0, 0.1) is 12.7 Å². The lowest BCUT2D eigenvalue weighted by Crippen LogP contribution is -2.18. The maximum absolute atomic E-state index is 13.0. The van der Waals surface area contributed by atoms with Crippen LogP contribution >= 0.6 is 0 Å². The number of nitrogens with two attached hydrogens (primary N) is 1. The molecule has 0 amide bonds. The van der Waals surface area contributed by atoms with Crippen molar-refractivity contribution in [3.05, 3.63) is 35.1 Å². The minimum absolute atomic E-state index is 0.0672. The van der Waals surface area contributed by atoms with Gasteiger partial charge in [0, 0.05) is 28.3 Å². The van der Waals surface area contributed by atoms with Crippen LogP contribution in [0.15, 0.2) is 18.2 Å². The molecule has 2 N–H and O–H groups in total. The number of hydrogen-bond acceptors (Lipinski definition) is 2. The Kier molecular flexibility index (Phi) is 5.09. The standard InChI is InChI=1S/C12H18FNOS/c1-9-3-4-12(13)7-11(9)8-16(15)6-5-10(2)14/h3-4,7,10H,5-6,8,14H2,1-2H3. The van der Waals surface area contributed by atoms with Gasteiger partial charge < -0.3 is 5.73 Å². The van der Waals surface area contributed by atoms with Gasteiger partial charge in [0.25, 0.3) is 0 Å². The predicted molar refractivity (Wildman–Crippen MR) is 66.1 cm³/mol. The van der Waals surface area contributed by atoms with Crippen molar-refractivity contribution in [2.24, 2.45) is 5.73 Å². The maximum atomic E-state index is 13.0. The van der Waals surface area contributed by atoms with Crippen molar-refractivity contribution in [1.82, 2.24) is 0 Å². The zero-order valence-electron chi connectivity index (χ0n) is 9.70. The van der Waals surface area contributed by atoms with Gasteiger partial charge in [-0.15, -0.1) is 0 Å². The molecule has 2 unspecified atom stereocenters. The fraction of sp³-hybridized carbons (Fsp3) is 0.500. The Morgan fingerprint density at radius 1 is 1.50 bits per heavy atom. The second-order valence-corrected chi connectivity index (χ2v) is 5.70. The molecule has 16 heavy (non-hydrogen) atoms. The average Bonchev–Trinajstić information content (AvgIpc) is 2.20. The third-order valence-corrected chi connectivity index (χ3v) is 3.75. The minimum Gasteiger partial charge on any atom is -0.328 e. The molecule has 0 heterocycles. The summed E-state index contributed by atoms with van der Waals surface area (Å²) in [6.45, 7) is 3.79. The van der Waals surface area contributed by atoms with Crippen LogP contribution in [-0.4, -0.2) is 16.0 Å². The van der Waals surface area contributed by atoms with E-state index < -0.39 is 10.8 Å². The van der Waals surface area contributed by atoms with Gasteiger partial charge in [-0.1, -0.05) is 6.07 Å². The van der Waals surface area contributed by atoms with Crippen molar-refractivity contribution >= 4 is 10.8 Å². The van der Waals surface area contributed by atoms with Crippen LogP contribution in [0.2, 0.25) is 0 Å². The summed E-state index contributed by atoms with van der Waals surface area (Å²) in [4.78, 5) is 0. The fourth-order valence-corrected chi connectivity index (χ4v) is 2.80. The Hall–Kier alpha value is -0.740. The quantitative estimate of drug-likeness (QED) is 0.860. The van der Waals surface area contributed by atoms with E-state index in [9.17, 15) is 8.60 Å². The van der Waals surface area contributed by atoms with Crippen LogP contribution < -0.4 is 5.73 Å². The summed E-state index contributed by atoms with van der Waals surface area (Å²) in [6.07, 6.45) is 0.737. The van der Waals surface area contributed by atoms with Crippen molar-refractivity contribution in [3.63, 3.8) is 0 Å². The van der Waals surface area contributed by atoms with Crippen molar-refractivity contribution in [2.75, 3.05) is 5.75 Å². The van der Waals surface area contributed by atoms with E-state index in [0.717, 1.165) is 17.5 Å². The highest BCUT2D eigenvalue weighted by Gasteiger charge is 2.07. The normalized spacial score (nSPS) is 14.8. The summed E-state index contributed by atoms with van der Waals surface area (Å²) in [7, 11) is -0.957. The van der Waals surface area contributed by atoms with E-state index in [-0.39, 0.29) is 11.9 Å². The van der Waals surface area contributed by atoms with E-state index in [1.807, 2.05) is 13.8 Å². The van der Waals surface area contributed by atoms with Crippen LogP contribution in [0.1, 0.15) is 24.5 Å². The van der Waals surface area contributed by atoms with Crippen molar-refractivity contribution < 1.29 is 8.60 Å². The molecule has 0 fully saturated rings. The Morgan fingerprint density at radius 2 is 2.19 bits per heavy atom. The van der Waals surface area contributed by atoms with Gasteiger partial charge in [0.15, 0.2) is 0 Å². The lowest BCUT2D eigenvalue weighted by atomic mass is 10.1. The van der Waals surface area contributed by atoms with Crippen LogP contribution in [0.5, 0.6) is 0 Å². The van der Waals surface area contributed by atoms with Crippen molar-refractivity contribution in [1.29, 1.82) is 0 Å². The summed E-state index contributed by atoms with van der Waals surface area (Å²) in [6, 6.07) is 4.66. The van der Waals surface area contributed by atoms with E-state index in [0.29, 0.717) is 11.5 Å². The topological polar surface area (TPSA) is 43.1 Å². The van der Waals surface area contributed by atoms with Gasteiger partial charge in [-0.05, 0) is 43.5 Å². The maximum Gasteiger partial charge on any atom is 0.123 e. The molecule has 0 spiro atoms. The largest absolute Gasteiger partial charge is 0.328 e. The summed E-state index contributed by atoms with van der Waals surface area (Å²) in [5, 5.41) is 0. The van der Waals surface area contributed by atoms with Gasteiger partial charge in [-0.2, -0.15) is 0 Å². The lowest BCUT2D eigenvalue weighted by Gasteiger charge is -2.07. The van der Waals surface area contributed by atoms with Crippen LogP contribution in [0.25, 0.3) is 0 Å². The number of hydrogen-bond donors (Lipinski definition) is 1. The SMILES string of the molecule is Cc1ccc(F)cc1CS(=O)CCC(C)N. The average molecular weight is 243 g/mol. The molecule has 0 saturated heterocycles. The second kappa shape index (κ2) is 6.11. The molecule has 0 radical (unpaired) electrons. The first-order valence-corrected chi connectivity index (χ1v) is 6.83. The Labute approximate surface area is 98.5 Å². The first-order valence-electron chi connectivity index (χ1n) is 5.34. The molecule has 0 aliphatic rings. The highest BCUT2D eigenvalue weighted by atomic mass is 32.2. The van der Waals surface area contributed by atoms with Crippen LogP contribution in [0.4, 0.5) is 4.39 Å². The molecule has 1 rings (SSSR count). The lowest BCUT2D eigenvalue weighted by molar-refractivity contribution is 0.625. The molecular weight excluding hydrogens is 225 g/mol. The first kappa shape index (κ1) is 13.3. The summed E-state index contributed by atoms with van der Waals surface area (Å²) < 4.78 is 24.7. The number of rotatable bonds is 5. The third-order valence-electron chi connectivity index (χ3n) is 2.43. The predicted octanol–water partition coefficient (Wildman–Crippen LogP) is 2.12. The summed E-state index contributed by atoms with van der Waals surface area (Å²) >= 11 is 0. The van der Waals surface area contributed by atoms with Crippen molar-refractivity contribution in [2.45, 2.75) is 32.1 Å². The molecule has 0 saturated carbocycles. The van der Waals surface area contributed by atoms with Gasteiger partial charge in [-0.25, -0.2) is 4.39 Å². The van der Waals surface area contributed by atoms with Crippen molar-refractivity contribution in [3.8, 4) is 0 Å². The molecule has 2 atom stereocenters. The molecule has 1 aromatic rings. The minimum atomic E-state index is -0.957. The third kappa shape index (κ3) is 4.41. The molecule has 4 heteroatoms. The molecule has 0 aromatic heterocycles. The van der Waals surface area contributed by atoms with Gasteiger partial charge in [0.05, 0.1) is 0 Å². The molecular formula is C12H18FNOS. The molecule has 2 nitrogen and oxygen atoms in total. The number of halogens is 1. The molecule has 0 bridgehead atoms. The Bertz CT molecular complexity index is 379. The van der Waals surface area contributed by atoms with Crippen LogP contribution in [-0.2, 0) is 16.6 Å². The van der Waals surface area contributed by atoms with E-state index in [2.05, 4.69) is 0 Å². The monoisotopic (exact) mass is 243 g/mol. The van der Waals surface area contributed by atoms with E-state index in [4.69, 9.17) is 5.73 Å². The highest BCUT2D eigenvalue weighted by molar-refractivity contribution is 7.84. The van der Waals surface area contributed by atoms with E-state index in [1.165, 1.54) is 12.1 Å². The number of aryl methyl sites for hydroxylation is 1. The van der Waals surface area contributed by atoms with E-state index >= 15 is 0 Å². The van der Waals surface area contributed by atoms with Crippen LogP contribution in [0.3, 0.4) is 0 Å². The van der Waals surface area contributed by atoms with Gasteiger partial charge >= 0.3 is 0 Å². The summed E-state index contributed by atoms with van der Waals surface area (Å²) in [5.74, 6) is 0.717. The molecule has 0 aliphatic heterocycles. The molecule has 90 valence electrons. The first-order chi connectivity index (χ1) is 7.49. The highest BCUT2D eigenvalue weighted by Crippen LogP contribution is 2.13. The smallest absolute Gasteiger partial charge is 0.123 e. The Morgan fingerprint density at radius 3 is 2.81 bits per heavy atom. The Balaban J connectivity index is 2.59. The van der Waals surface area contributed by atoms with Gasteiger partial charge in [0.1, 0.15) is 5.82 Å². The zero-order chi connectivity index (χ0) is 12.1. The van der Waals surface area contributed by atoms with Gasteiger partial charge in [-0.3, -0.25) is 4.21 Å².